The molecular formula is C21H22N4O4. The van der Waals surface area contributed by atoms with Gasteiger partial charge in [-0.05, 0) is 37.0 Å². The van der Waals surface area contributed by atoms with Gasteiger partial charge in [0.1, 0.15) is 0 Å². The molecule has 2 bridgehead atoms. The van der Waals surface area contributed by atoms with Crippen LogP contribution < -0.4 is 5.56 Å². The van der Waals surface area contributed by atoms with E-state index in [1.807, 2.05) is 21.6 Å². The molecule has 3 aromatic heterocycles. The first-order valence-electron chi connectivity index (χ1n) is 10.0. The highest BCUT2D eigenvalue weighted by Gasteiger charge is 2.35. The Labute approximate surface area is 167 Å². The molecule has 0 spiro atoms. The number of pyridine rings is 1. The quantitative estimate of drug-likeness (QED) is 0.660. The van der Waals surface area contributed by atoms with Crippen molar-refractivity contribution in [2.75, 3.05) is 13.1 Å². The van der Waals surface area contributed by atoms with E-state index in [1.54, 1.807) is 24.5 Å². The summed E-state index contributed by atoms with van der Waals surface area (Å²) in [6, 6.07) is 8.99. The molecule has 1 saturated heterocycles. The van der Waals surface area contributed by atoms with Crippen molar-refractivity contribution in [2.24, 2.45) is 5.92 Å². The Morgan fingerprint density at radius 3 is 2.97 bits per heavy atom. The molecule has 5 heterocycles. The second kappa shape index (κ2) is 7.35. The monoisotopic (exact) mass is 394 g/mol. The van der Waals surface area contributed by atoms with Crippen molar-refractivity contribution in [1.29, 1.82) is 0 Å². The molecule has 0 aromatic carbocycles. The molecule has 0 aliphatic carbocycles. The predicted molar refractivity (Wildman–Crippen MR) is 103 cm³/mol. The molecule has 1 fully saturated rings. The van der Waals surface area contributed by atoms with Gasteiger partial charge < -0.3 is 18.4 Å². The summed E-state index contributed by atoms with van der Waals surface area (Å²) in [7, 11) is 0. The number of aromatic nitrogens is 3. The number of piperidine rings is 1. The molecule has 2 aliphatic rings. The zero-order chi connectivity index (χ0) is 19.8. The lowest BCUT2D eigenvalue weighted by Gasteiger charge is -2.42. The van der Waals surface area contributed by atoms with Crippen molar-refractivity contribution in [3.8, 4) is 11.6 Å². The van der Waals surface area contributed by atoms with E-state index in [0.717, 1.165) is 18.7 Å². The van der Waals surface area contributed by atoms with Crippen LogP contribution in [0.5, 0.6) is 0 Å². The van der Waals surface area contributed by atoms with Crippen LogP contribution >= 0.6 is 0 Å². The van der Waals surface area contributed by atoms with Gasteiger partial charge in [-0.3, -0.25) is 9.59 Å². The standard InChI is InChI=1S/C21H22N4O4/c26-19(7-2-6-18-22-21(23-29-18)17-5-3-9-28-17)24-11-14-10-15(13-24)16-4-1-8-20(27)25(16)12-14/h1,3-5,8-9,14-15H,2,6-7,10-13H2. The number of aryl methyl sites for hydroxylation is 1. The van der Waals surface area contributed by atoms with Gasteiger partial charge in [-0.1, -0.05) is 11.2 Å². The number of hydrogen-bond acceptors (Lipinski definition) is 6. The number of carbonyl (C=O) groups excluding carboxylic acids is 1. The second-order valence-electron chi connectivity index (χ2n) is 7.84. The van der Waals surface area contributed by atoms with Gasteiger partial charge >= 0.3 is 0 Å². The van der Waals surface area contributed by atoms with Gasteiger partial charge in [0.05, 0.1) is 6.26 Å². The molecule has 29 heavy (non-hydrogen) atoms. The minimum atomic E-state index is 0.0606. The largest absolute Gasteiger partial charge is 0.461 e. The highest BCUT2D eigenvalue weighted by Crippen LogP contribution is 2.35. The maximum atomic E-state index is 12.8. The molecule has 1 amide bonds. The number of carbonyl (C=O) groups is 1. The van der Waals surface area contributed by atoms with E-state index in [4.69, 9.17) is 8.94 Å². The lowest BCUT2D eigenvalue weighted by molar-refractivity contribution is -0.134. The van der Waals surface area contributed by atoms with Crippen molar-refractivity contribution in [3.63, 3.8) is 0 Å². The third-order valence-corrected chi connectivity index (χ3v) is 5.82. The Morgan fingerprint density at radius 1 is 1.17 bits per heavy atom. The summed E-state index contributed by atoms with van der Waals surface area (Å²) in [5, 5.41) is 3.91. The van der Waals surface area contributed by atoms with Gasteiger partial charge in [0.2, 0.25) is 17.6 Å². The number of furan rings is 1. The van der Waals surface area contributed by atoms with Crippen LogP contribution in [0.2, 0.25) is 0 Å². The van der Waals surface area contributed by atoms with Crippen molar-refractivity contribution < 1.29 is 13.7 Å². The van der Waals surface area contributed by atoms with Gasteiger partial charge in [0.25, 0.3) is 5.56 Å². The van der Waals surface area contributed by atoms with Crippen LogP contribution in [0.4, 0.5) is 0 Å². The maximum Gasteiger partial charge on any atom is 0.250 e. The van der Waals surface area contributed by atoms with E-state index in [2.05, 4.69) is 10.1 Å². The summed E-state index contributed by atoms with van der Waals surface area (Å²) in [6.45, 7) is 2.11. The first kappa shape index (κ1) is 17.9. The number of amides is 1. The Morgan fingerprint density at radius 2 is 2.10 bits per heavy atom. The highest BCUT2D eigenvalue weighted by molar-refractivity contribution is 5.76. The SMILES string of the molecule is O=C(CCCc1nc(-c2ccco2)no1)N1CC2CC(C1)c1cccc(=O)n1C2. The van der Waals surface area contributed by atoms with E-state index >= 15 is 0 Å². The van der Waals surface area contributed by atoms with Crippen LogP contribution in [-0.4, -0.2) is 38.6 Å². The average molecular weight is 394 g/mol. The van der Waals surface area contributed by atoms with Gasteiger partial charge in [-0.2, -0.15) is 4.98 Å². The lowest BCUT2D eigenvalue weighted by Crippen LogP contribution is -2.49. The van der Waals surface area contributed by atoms with Crippen molar-refractivity contribution in [2.45, 2.75) is 38.1 Å². The smallest absolute Gasteiger partial charge is 0.250 e. The summed E-state index contributed by atoms with van der Waals surface area (Å²) in [5.41, 5.74) is 1.12. The van der Waals surface area contributed by atoms with Gasteiger partial charge in [0.15, 0.2) is 5.76 Å². The molecule has 2 unspecified atom stereocenters. The van der Waals surface area contributed by atoms with Gasteiger partial charge in [-0.25, -0.2) is 0 Å². The highest BCUT2D eigenvalue weighted by atomic mass is 16.5. The number of hydrogen-bond donors (Lipinski definition) is 0. The molecule has 2 atom stereocenters. The van der Waals surface area contributed by atoms with E-state index < -0.39 is 0 Å². The van der Waals surface area contributed by atoms with Crippen molar-refractivity contribution >= 4 is 5.91 Å². The minimum Gasteiger partial charge on any atom is -0.461 e. The summed E-state index contributed by atoms with van der Waals surface area (Å²) >= 11 is 0. The van der Waals surface area contributed by atoms with E-state index in [0.29, 0.717) is 55.7 Å². The van der Waals surface area contributed by atoms with Crippen LogP contribution in [0.1, 0.15) is 36.8 Å². The third kappa shape index (κ3) is 3.50. The number of fused-ring (bicyclic) bond motifs is 4. The molecule has 5 rings (SSSR count). The molecule has 8 nitrogen and oxygen atoms in total. The minimum absolute atomic E-state index is 0.0606. The number of nitrogens with zero attached hydrogens (tertiary/aromatic N) is 4. The summed E-state index contributed by atoms with van der Waals surface area (Å²) in [4.78, 5) is 31.2. The molecule has 0 radical (unpaired) electrons. The molecule has 8 heteroatoms. The van der Waals surface area contributed by atoms with Crippen LogP contribution in [-0.2, 0) is 17.8 Å². The topological polar surface area (TPSA) is 94.4 Å². The Balaban J connectivity index is 1.18. The molecule has 2 aliphatic heterocycles. The van der Waals surface area contributed by atoms with Crippen LogP contribution in [0.25, 0.3) is 11.6 Å². The Bertz CT molecular complexity index is 1070. The van der Waals surface area contributed by atoms with E-state index in [1.165, 1.54) is 0 Å². The number of likely N-dealkylation sites (tertiary alicyclic amines) is 1. The number of rotatable bonds is 5. The fourth-order valence-electron chi connectivity index (χ4n) is 4.51. The molecule has 3 aromatic rings. The van der Waals surface area contributed by atoms with Crippen LogP contribution in [0, 0.1) is 5.92 Å². The van der Waals surface area contributed by atoms with Gasteiger partial charge in [0, 0.05) is 50.2 Å². The zero-order valence-electron chi connectivity index (χ0n) is 16.0. The van der Waals surface area contributed by atoms with E-state index in [9.17, 15) is 9.59 Å². The first-order valence-corrected chi connectivity index (χ1v) is 10.0. The summed E-state index contributed by atoms with van der Waals surface area (Å²) < 4.78 is 12.4. The van der Waals surface area contributed by atoms with Crippen molar-refractivity contribution in [3.05, 3.63) is 58.5 Å². The van der Waals surface area contributed by atoms with Crippen LogP contribution in [0.3, 0.4) is 0 Å². The Hall–Kier alpha value is -3.16. The predicted octanol–water partition coefficient (Wildman–Crippen LogP) is 2.46. The molecular weight excluding hydrogens is 372 g/mol. The molecule has 150 valence electrons. The Kier molecular flexibility index (Phi) is 4.54. The normalized spacial score (nSPS) is 20.5. The maximum absolute atomic E-state index is 12.8. The lowest BCUT2D eigenvalue weighted by atomic mass is 9.83. The van der Waals surface area contributed by atoms with Crippen molar-refractivity contribution in [1.82, 2.24) is 19.6 Å². The van der Waals surface area contributed by atoms with E-state index in [-0.39, 0.29) is 17.4 Å². The third-order valence-electron chi connectivity index (χ3n) is 5.82. The molecule has 0 N–H and O–H groups in total. The summed E-state index contributed by atoms with van der Waals surface area (Å²) in [6.07, 6.45) is 4.26. The first-order chi connectivity index (χ1) is 14.2. The second-order valence-corrected chi connectivity index (χ2v) is 7.84. The summed E-state index contributed by atoms with van der Waals surface area (Å²) in [5.74, 6) is 2.24. The van der Waals surface area contributed by atoms with Crippen LogP contribution in [0.15, 0.2) is 50.3 Å². The van der Waals surface area contributed by atoms with Gasteiger partial charge in [-0.15, -0.1) is 0 Å². The molecule has 0 saturated carbocycles. The fourth-order valence-corrected chi connectivity index (χ4v) is 4.51. The average Bonchev–Trinajstić information content (AvgIpc) is 3.40. The zero-order valence-corrected chi connectivity index (χ0v) is 16.0. The fraction of sp³-hybridized carbons (Fsp3) is 0.429.